The van der Waals surface area contributed by atoms with Crippen LogP contribution in [0.3, 0.4) is 0 Å². The third-order valence-corrected chi connectivity index (χ3v) is 3.80. The zero-order chi connectivity index (χ0) is 13.0. The second kappa shape index (κ2) is 5.92. The Morgan fingerprint density at radius 3 is 2.94 bits per heavy atom. The average Bonchev–Trinajstić information content (AvgIpc) is 2.84. The molecule has 0 spiro atoms. The molecule has 94 valence electrons. The molecule has 7 heteroatoms. The van der Waals surface area contributed by atoms with E-state index in [9.17, 15) is 10.1 Å². The Balaban J connectivity index is 1.95. The van der Waals surface area contributed by atoms with Crippen LogP contribution in [0, 0.1) is 10.1 Å². The van der Waals surface area contributed by atoms with Gasteiger partial charge >= 0.3 is 0 Å². The topological polar surface area (TPSA) is 68.1 Å². The normalized spacial score (nSPS) is 10.3. The van der Waals surface area contributed by atoms with Gasteiger partial charge in [0.2, 0.25) is 0 Å². The second-order valence-electron chi connectivity index (χ2n) is 3.52. The zero-order valence-corrected chi connectivity index (χ0v) is 11.7. The van der Waals surface area contributed by atoms with Crippen LogP contribution in [0.2, 0.25) is 0 Å². The molecule has 2 rings (SSSR count). The van der Waals surface area contributed by atoms with Gasteiger partial charge in [0.1, 0.15) is 0 Å². The summed E-state index contributed by atoms with van der Waals surface area (Å²) in [7, 11) is 0. The third-order valence-electron chi connectivity index (χ3n) is 2.30. The summed E-state index contributed by atoms with van der Waals surface area (Å²) >= 11 is 4.93. The Morgan fingerprint density at radius 2 is 2.33 bits per heavy atom. The lowest BCUT2D eigenvalue weighted by molar-refractivity contribution is -0.384. The van der Waals surface area contributed by atoms with Gasteiger partial charge in [-0.05, 0) is 22.0 Å². The molecule has 1 N–H and O–H groups in total. The van der Waals surface area contributed by atoms with Crippen LogP contribution in [0.15, 0.2) is 34.2 Å². The van der Waals surface area contributed by atoms with Gasteiger partial charge in [0.05, 0.1) is 9.93 Å². The van der Waals surface area contributed by atoms with Crippen molar-refractivity contribution in [3.63, 3.8) is 0 Å². The predicted octanol–water partition coefficient (Wildman–Crippen LogP) is 3.47. The molecule has 1 aromatic carbocycles. The highest BCUT2D eigenvalue weighted by Gasteiger charge is 2.08. The smallest absolute Gasteiger partial charge is 0.270 e. The number of thiazole rings is 1. The summed E-state index contributed by atoms with van der Waals surface area (Å²) in [6.45, 7) is 0.740. The standard InChI is InChI=1S/C11H10BrN3O2S/c12-9-7-8(15(16)17)1-2-10(9)13-4-3-11-14-5-6-18-11/h1-2,5-7,13H,3-4H2. The number of anilines is 1. The first-order valence-corrected chi connectivity index (χ1v) is 6.90. The van der Waals surface area contributed by atoms with Gasteiger partial charge in [0.15, 0.2) is 0 Å². The number of hydrogen-bond acceptors (Lipinski definition) is 5. The maximum Gasteiger partial charge on any atom is 0.270 e. The predicted molar refractivity (Wildman–Crippen MR) is 75.1 cm³/mol. The van der Waals surface area contributed by atoms with E-state index in [1.165, 1.54) is 12.1 Å². The summed E-state index contributed by atoms with van der Waals surface area (Å²) < 4.78 is 0.691. The fraction of sp³-hybridized carbons (Fsp3) is 0.182. The molecule has 18 heavy (non-hydrogen) atoms. The van der Waals surface area contributed by atoms with E-state index in [1.54, 1.807) is 23.6 Å². The molecule has 0 unspecified atom stereocenters. The van der Waals surface area contributed by atoms with Crippen molar-refractivity contribution < 1.29 is 4.92 Å². The lowest BCUT2D eigenvalue weighted by atomic mass is 10.3. The quantitative estimate of drug-likeness (QED) is 0.674. The molecule has 0 radical (unpaired) electrons. The SMILES string of the molecule is O=[N+]([O-])c1ccc(NCCc2nccs2)c(Br)c1. The van der Waals surface area contributed by atoms with Crippen LogP contribution >= 0.6 is 27.3 Å². The second-order valence-corrected chi connectivity index (χ2v) is 5.36. The molecule has 0 atom stereocenters. The first-order chi connectivity index (χ1) is 8.66. The van der Waals surface area contributed by atoms with E-state index in [0.717, 1.165) is 23.7 Å². The van der Waals surface area contributed by atoms with Gasteiger partial charge in [-0.3, -0.25) is 10.1 Å². The minimum Gasteiger partial charge on any atom is -0.384 e. The van der Waals surface area contributed by atoms with Crippen LogP contribution in [0.4, 0.5) is 11.4 Å². The number of hydrogen-bond donors (Lipinski definition) is 1. The van der Waals surface area contributed by atoms with Crippen molar-refractivity contribution in [2.24, 2.45) is 0 Å². The average molecular weight is 328 g/mol. The van der Waals surface area contributed by atoms with Gasteiger partial charge in [0.25, 0.3) is 5.69 Å². The van der Waals surface area contributed by atoms with E-state index in [0.29, 0.717) is 4.47 Å². The van der Waals surface area contributed by atoms with Crippen molar-refractivity contribution in [2.75, 3.05) is 11.9 Å². The number of halogens is 1. The number of nitro groups is 1. The largest absolute Gasteiger partial charge is 0.384 e. The van der Waals surface area contributed by atoms with Crippen molar-refractivity contribution in [2.45, 2.75) is 6.42 Å². The first-order valence-electron chi connectivity index (χ1n) is 5.23. The first kappa shape index (κ1) is 13.0. The lowest BCUT2D eigenvalue weighted by Gasteiger charge is -2.07. The molecule has 0 fully saturated rings. The molecule has 1 aromatic heterocycles. The third kappa shape index (κ3) is 3.27. The summed E-state index contributed by atoms with van der Waals surface area (Å²) in [6.07, 6.45) is 2.61. The fourth-order valence-electron chi connectivity index (χ4n) is 1.44. The molecule has 0 aliphatic rings. The fourth-order valence-corrected chi connectivity index (χ4v) is 2.57. The van der Waals surface area contributed by atoms with Gasteiger partial charge in [-0.25, -0.2) is 4.98 Å². The number of aromatic nitrogens is 1. The molecule has 0 aliphatic heterocycles. The van der Waals surface area contributed by atoms with Crippen molar-refractivity contribution in [1.82, 2.24) is 4.98 Å². The van der Waals surface area contributed by atoms with Crippen molar-refractivity contribution in [3.05, 3.63) is 49.4 Å². The Bertz CT molecular complexity index is 545. The van der Waals surface area contributed by atoms with E-state index >= 15 is 0 Å². The van der Waals surface area contributed by atoms with Crippen LogP contribution in [-0.2, 0) is 6.42 Å². The summed E-state index contributed by atoms with van der Waals surface area (Å²) in [5, 5.41) is 16.8. The van der Waals surface area contributed by atoms with E-state index < -0.39 is 4.92 Å². The Morgan fingerprint density at radius 1 is 1.50 bits per heavy atom. The van der Waals surface area contributed by atoms with Gasteiger partial charge in [-0.1, -0.05) is 0 Å². The van der Waals surface area contributed by atoms with Crippen molar-refractivity contribution in [3.8, 4) is 0 Å². The van der Waals surface area contributed by atoms with Crippen molar-refractivity contribution >= 4 is 38.6 Å². The highest BCUT2D eigenvalue weighted by molar-refractivity contribution is 9.10. The molecule has 0 aliphatic carbocycles. The zero-order valence-electron chi connectivity index (χ0n) is 9.30. The van der Waals surface area contributed by atoms with E-state index in [2.05, 4.69) is 26.2 Å². The van der Waals surface area contributed by atoms with Crippen molar-refractivity contribution in [1.29, 1.82) is 0 Å². The van der Waals surface area contributed by atoms with Gasteiger partial charge in [-0.2, -0.15) is 0 Å². The number of benzene rings is 1. The van der Waals surface area contributed by atoms with E-state index in [1.807, 2.05) is 5.38 Å². The molecule has 1 heterocycles. The van der Waals surface area contributed by atoms with Gasteiger partial charge in [0, 0.05) is 46.8 Å². The van der Waals surface area contributed by atoms with Gasteiger partial charge < -0.3 is 5.32 Å². The molecule has 0 bridgehead atoms. The van der Waals surface area contributed by atoms with Crippen LogP contribution in [-0.4, -0.2) is 16.5 Å². The molecular formula is C11H10BrN3O2S. The monoisotopic (exact) mass is 327 g/mol. The molecular weight excluding hydrogens is 318 g/mol. The van der Waals surface area contributed by atoms with Gasteiger partial charge in [-0.15, -0.1) is 11.3 Å². The van der Waals surface area contributed by atoms with Crippen LogP contribution in [0.5, 0.6) is 0 Å². The molecule has 2 aromatic rings. The highest BCUT2D eigenvalue weighted by atomic mass is 79.9. The number of non-ortho nitro benzene ring substituents is 1. The summed E-state index contributed by atoms with van der Waals surface area (Å²) in [6, 6.07) is 4.67. The summed E-state index contributed by atoms with van der Waals surface area (Å²) in [4.78, 5) is 14.4. The number of nitro benzene ring substituents is 1. The van der Waals surface area contributed by atoms with E-state index in [-0.39, 0.29) is 5.69 Å². The summed E-state index contributed by atoms with van der Waals surface area (Å²) in [5.41, 5.74) is 0.921. The molecule has 0 saturated carbocycles. The Labute approximate surface area is 116 Å². The minimum atomic E-state index is -0.413. The van der Waals surface area contributed by atoms with Crippen LogP contribution < -0.4 is 5.32 Å². The molecule has 5 nitrogen and oxygen atoms in total. The number of rotatable bonds is 5. The maximum atomic E-state index is 10.6. The van der Waals surface area contributed by atoms with Crippen LogP contribution in [0.1, 0.15) is 5.01 Å². The number of nitrogens with zero attached hydrogens (tertiary/aromatic N) is 2. The molecule has 0 saturated heterocycles. The maximum absolute atomic E-state index is 10.6. The lowest BCUT2D eigenvalue weighted by Crippen LogP contribution is -2.05. The van der Waals surface area contributed by atoms with E-state index in [4.69, 9.17) is 0 Å². The Kier molecular flexibility index (Phi) is 4.27. The minimum absolute atomic E-state index is 0.0762. The van der Waals surface area contributed by atoms with Crippen LogP contribution in [0.25, 0.3) is 0 Å². The molecule has 0 amide bonds. The number of nitrogens with one attached hydrogen (secondary N) is 1. The Hall–Kier alpha value is -1.47. The summed E-state index contributed by atoms with van der Waals surface area (Å²) in [5.74, 6) is 0. The highest BCUT2D eigenvalue weighted by Crippen LogP contribution is 2.27.